The highest BCUT2D eigenvalue weighted by Gasteiger charge is 2.25. The Hall–Kier alpha value is -2.54. The van der Waals surface area contributed by atoms with Gasteiger partial charge >= 0.3 is 0 Å². The molecule has 0 bridgehead atoms. The van der Waals surface area contributed by atoms with Crippen molar-refractivity contribution in [3.05, 3.63) is 58.1 Å². The fourth-order valence-corrected chi connectivity index (χ4v) is 3.89. The lowest BCUT2D eigenvalue weighted by molar-refractivity contribution is -0.132. The number of halogens is 1. The van der Waals surface area contributed by atoms with Crippen LogP contribution in [-0.4, -0.2) is 62.0 Å². The third kappa shape index (κ3) is 5.09. The molecule has 1 aliphatic rings. The Labute approximate surface area is 179 Å². The molecular formula is C22H25BrN2O4. The molecule has 0 saturated carbocycles. The number of methoxy groups -OCH3 is 2. The first-order chi connectivity index (χ1) is 14.0. The molecule has 1 fully saturated rings. The third-order valence-electron chi connectivity index (χ3n) is 5.12. The van der Waals surface area contributed by atoms with Crippen molar-refractivity contribution in [1.29, 1.82) is 0 Å². The van der Waals surface area contributed by atoms with E-state index in [1.165, 1.54) is 0 Å². The summed E-state index contributed by atoms with van der Waals surface area (Å²) in [5, 5.41) is 0. The number of hydrogen-bond acceptors (Lipinski definition) is 4. The van der Waals surface area contributed by atoms with Crippen molar-refractivity contribution in [3.63, 3.8) is 0 Å². The standard InChI is InChI=1S/C22H25BrN2O4/c1-28-19-9-7-17(15-20(19)29-2)22(27)25-13-11-24(12-14-25)21(26)10-8-16-5-3-4-6-18(16)23/h3-7,9,15H,8,10-14H2,1-2H3. The van der Waals surface area contributed by atoms with Gasteiger partial charge in [-0.2, -0.15) is 0 Å². The van der Waals surface area contributed by atoms with E-state index in [0.29, 0.717) is 56.1 Å². The van der Waals surface area contributed by atoms with E-state index >= 15 is 0 Å². The summed E-state index contributed by atoms with van der Waals surface area (Å²) >= 11 is 3.52. The second-order valence-electron chi connectivity index (χ2n) is 6.83. The average molecular weight is 461 g/mol. The number of carbonyl (C=O) groups is 2. The molecule has 6 nitrogen and oxygen atoms in total. The monoisotopic (exact) mass is 460 g/mol. The van der Waals surface area contributed by atoms with Crippen LogP contribution in [0.15, 0.2) is 46.9 Å². The Balaban J connectivity index is 1.54. The minimum absolute atomic E-state index is 0.0636. The Morgan fingerprint density at radius 1 is 0.931 bits per heavy atom. The number of ether oxygens (including phenoxy) is 2. The highest BCUT2D eigenvalue weighted by atomic mass is 79.9. The van der Waals surface area contributed by atoms with Gasteiger partial charge < -0.3 is 19.3 Å². The molecular weight excluding hydrogens is 436 g/mol. The van der Waals surface area contributed by atoms with Crippen molar-refractivity contribution in [2.24, 2.45) is 0 Å². The molecule has 154 valence electrons. The molecule has 2 aromatic rings. The predicted molar refractivity (Wildman–Crippen MR) is 114 cm³/mol. The summed E-state index contributed by atoms with van der Waals surface area (Å²) in [6.07, 6.45) is 1.16. The number of benzene rings is 2. The van der Waals surface area contributed by atoms with Crippen LogP contribution in [0.2, 0.25) is 0 Å². The Morgan fingerprint density at radius 2 is 1.59 bits per heavy atom. The predicted octanol–water partition coefficient (Wildman–Crippen LogP) is 3.38. The van der Waals surface area contributed by atoms with Gasteiger partial charge in [0.1, 0.15) is 0 Å². The zero-order valence-electron chi connectivity index (χ0n) is 16.7. The van der Waals surface area contributed by atoms with Crippen LogP contribution < -0.4 is 9.47 Å². The molecule has 1 aliphatic heterocycles. The summed E-state index contributed by atoms with van der Waals surface area (Å²) in [6.45, 7) is 2.14. The van der Waals surface area contributed by atoms with Gasteiger partial charge in [0.2, 0.25) is 5.91 Å². The van der Waals surface area contributed by atoms with Gasteiger partial charge in [-0.25, -0.2) is 0 Å². The van der Waals surface area contributed by atoms with Gasteiger partial charge in [-0.15, -0.1) is 0 Å². The molecule has 0 aliphatic carbocycles. The molecule has 0 aromatic heterocycles. The quantitative estimate of drug-likeness (QED) is 0.662. The molecule has 29 heavy (non-hydrogen) atoms. The zero-order chi connectivity index (χ0) is 20.8. The number of hydrogen-bond donors (Lipinski definition) is 0. The summed E-state index contributed by atoms with van der Waals surface area (Å²) in [5.74, 6) is 1.17. The van der Waals surface area contributed by atoms with Gasteiger partial charge in [-0.1, -0.05) is 34.1 Å². The molecule has 0 atom stereocenters. The van der Waals surface area contributed by atoms with Gasteiger partial charge in [0, 0.05) is 42.6 Å². The van der Waals surface area contributed by atoms with Crippen LogP contribution in [0.25, 0.3) is 0 Å². The van der Waals surface area contributed by atoms with Crippen LogP contribution in [0.3, 0.4) is 0 Å². The lowest BCUT2D eigenvalue weighted by atomic mass is 10.1. The molecule has 2 aromatic carbocycles. The average Bonchev–Trinajstić information content (AvgIpc) is 2.77. The highest BCUT2D eigenvalue weighted by molar-refractivity contribution is 9.10. The van der Waals surface area contributed by atoms with Crippen molar-refractivity contribution in [1.82, 2.24) is 9.80 Å². The zero-order valence-corrected chi connectivity index (χ0v) is 18.3. The SMILES string of the molecule is COc1ccc(C(=O)N2CCN(C(=O)CCc3ccccc3Br)CC2)cc1OC. The minimum Gasteiger partial charge on any atom is -0.493 e. The van der Waals surface area contributed by atoms with Gasteiger partial charge in [0.25, 0.3) is 5.91 Å². The summed E-state index contributed by atoms with van der Waals surface area (Å²) in [4.78, 5) is 29.0. The summed E-state index contributed by atoms with van der Waals surface area (Å²) in [5.41, 5.74) is 1.68. The molecule has 0 unspecified atom stereocenters. The van der Waals surface area contributed by atoms with Crippen molar-refractivity contribution < 1.29 is 19.1 Å². The van der Waals surface area contributed by atoms with Gasteiger partial charge in [-0.3, -0.25) is 9.59 Å². The van der Waals surface area contributed by atoms with Crippen molar-refractivity contribution in [3.8, 4) is 11.5 Å². The van der Waals surface area contributed by atoms with Crippen LogP contribution in [0.5, 0.6) is 11.5 Å². The third-order valence-corrected chi connectivity index (χ3v) is 5.89. The maximum absolute atomic E-state index is 12.8. The van der Waals surface area contributed by atoms with Crippen LogP contribution >= 0.6 is 15.9 Å². The van der Waals surface area contributed by atoms with E-state index in [9.17, 15) is 9.59 Å². The Kier molecular flexibility index (Phi) is 7.14. The molecule has 0 spiro atoms. The number of piperazine rings is 1. The first-order valence-corrected chi connectivity index (χ1v) is 10.3. The Morgan fingerprint density at radius 3 is 2.24 bits per heavy atom. The molecule has 1 saturated heterocycles. The molecule has 0 N–H and O–H groups in total. The van der Waals surface area contributed by atoms with Crippen LogP contribution in [-0.2, 0) is 11.2 Å². The van der Waals surface area contributed by atoms with E-state index in [1.54, 1.807) is 37.3 Å². The molecule has 0 radical (unpaired) electrons. The van der Waals surface area contributed by atoms with Crippen LogP contribution in [0, 0.1) is 0 Å². The molecule has 3 rings (SSSR count). The summed E-state index contributed by atoms with van der Waals surface area (Å²) in [7, 11) is 3.11. The number of rotatable bonds is 6. The van der Waals surface area contributed by atoms with E-state index in [1.807, 2.05) is 29.2 Å². The number of aryl methyl sites for hydroxylation is 1. The maximum Gasteiger partial charge on any atom is 0.254 e. The van der Waals surface area contributed by atoms with Crippen LogP contribution in [0.4, 0.5) is 0 Å². The fraction of sp³-hybridized carbons (Fsp3) is 0.364. The minimum atomic E-state index is -0.0636. The highest BCUT2D eigenvalue weighted by Crippen LogP contribution is 2.28. The number of amides is 2. The van der Waals surface area contributed by atoms with Crippen molar-refractivity contribution in [2.45, 2.75) is 12.8 Å². The van der Waals surface area contributed by atoms with E-state index in [4.69, 9.17) is 9.47 Å². The van der Waals surface area contributed by atoms with E-state index < -0.39 is 0 Å². The Bertz CT molecular complexity index is 879. The smallest absolute Gasteiger partial charge is 0.254 e. The van der Waals surface area contributed by atoms with E-state index in [0.717, 1.165) is 10.0 Å². The van der Waals surface area contributed by atoms with Crippen LogP contribution in [0.1, 0.15) is 22.3 Å². The molecule has 7 heteroatoms. The van der Waals surface area contributed by atoms with E-state index in [-0.39, 0.29) is 11.8 Å². The van der Waals surface area contributed by atoms with Gasteiger partial charge in [0.05, 0.1) is 14.2 Å². The largest absolute Gasteiger partial charge is 0.493 e. The number of carbonyl (C=O) groups excluding carboxylic acids is 2. The van der Waals surface area contributed by atoms with Crippen molar-refractivity contribution in [2.75, 3.05) is 40.4 Å². The molecule has 1 heterocycles. The lowest BCUT2D eigenvalue weighted by Crippen LogP contribution is -2.50. The second-order valence-corrected chi connectivity index (χ2v) is 7.69. The maximum atomic E-state index is 12.8. The van der Waals surface area contributed by atoms with Crippen molar-refractivity contribution >= 4 is 27.7 Å². The van der Waals surface area contributed by atoms with E-state index in [2.05, 4.69) is 15.9 Å². The molecule has 2 amide bonds. The second kappa shape index (κ2) is 9.78. The first-order valence-electron chi connectivity index (χ1n) is 9.56. The number of nitrogens with zero attached hydrogens (tertiary/aromatic N) is 2. The lowest BCUT2D eigenvalue weighted by Gasteiger charge is -2.35. The summed E-state index contributed by atoms with van der Waals surface area (Å²) < 4.78 is 11.5. The normalized spacial score (nSPS) is 13.9. The topological polar surface area (TPSA) is 59.1 Å². The first kappa shape index (κ1) is 21.2. The van der Waals surface area contributed by atoms with Gasteiger partial charge in [0.15, 0.2) is 11.5 Å². The fourth-order valence-electron chi connectivity index (χ4n) is 3.41. The summed E-state index contributed by atoms with van der Waals surface area (Å²) in [6, 6.07) is 13.1. The van der Waals surface area contributed by atoms with Gasteiger partial charge in [-0.05, 0) is 36.2 Å².